The molecule has 0 saturated heterocycles. The van der Waals surface area contributed by atoms with Crippen LogP contribution in [-0.4, -0.2) is 9.97 Å². The largest absolute Gasteiger partial charge is 0.415 e. The lowest BCUT2D eigenvalue weighted by molar-refractivity contribution is 0.500. The third-order valence-electron chi connectivity index (χ3n) is 4.73. The molecule has 0 bridgehead atoms. The van der Waals surface area contributed by atoms with E-state index in [-0.39, 0.29) is 11.9 Å². The molecule has 0 aliphatic carbocycles. The number of terminal acetylenes is 1. The molecule has 0 saturated carbocycles. The number of pyridine rings is 2. The van der Waals surface area contributed by atoms with Crippen LogP contribution in [-0.2, 0) is 4.74 Å². The molecule has 0 radical (unpaired) electrons. The maximum atomic E-state index is 14.8. The smallest absolute Gasteiger partial charge is 0.128 e. The lowest BCUT2D eigenvalue weighted by Gasteiger charge is -2.21. The lowest BCUT2D eigenvalue weighted by Crippen LogP contribution is -2.29. The van der Waals surface area contributed by atoms with E-state index in [2.05, 4.69) is 34.5 Å². The zero-order chi connectivity index (χ0) is 27.5. The van der Waals surface area contributed by atoms with Crippen LogP contribution in [0.3, 0.4) is 0 Å². The van der Waals surface area contributed by atoms with E-state index in [9.17, 15) is 4.39 Å². The van der Waals surface area contributed by atoms with Crippen LogP contribution in [0.25, 0.3) is 12.3 Å². The van der Waals surface area contributed by atoms with Crippen LogP contribution in [0, 0.1) is 39.1 Å². The predicted octanol–water partition coefficient (Wildman–Crippen LogP) is 6.76. The molecule has 1 aromatic carbocycles. The van der Waals surface area contributed by atoms with Crippen molar-refractivity contribution in [3.05, 3.63) is 101 Å². The highest BCUT2D eigenvalue weighted by Crippen LogP contribution is 2.27. The maximum Gasteiger partial charge on any atom is 0.128 e. The molecule has 0 fully saturated rings. The summed E-state index contributed by atoms with van der Waals surface area (Å²) in [6.07, 6.45) is 11.3. The molecule has 3 aromatic rings. The number of nitrogens with zero attached hydrogens (tertiary/aromatic N) is 2. The molecule has 3 rings (SSSR count). The highest BCUT2D eigenvalue weighted by Gasteiger charge is 2.18. The average molecular weight is 490 g/mol. The molecule has 5 heteroatoms. The van der Waals surface area contributed by atoms with Crippen molar-refractivity contribution < 1.29 is 9.13 Å². The monoisotopic (exact) mass is 489 g/mol. The minimum atomic E-state index is -0.329. The summed E-state index contributed by atoms with van der Waals surface area (Å²) in [5.74, 6) is 0.434. The Morgan fingerprint density at radius 2 is 1.61 bits per heavy atom. The first-order chi connectivity index (χ1) is 17.5. The summed E-state index contributed by atoms with van der Waals surface area (Å²) in [6, 6.07) is 14.3. The zero-order valence-corrected chi connectivity index (χ0v) is 22.7. The van der Waals surface area contributed by atoms with Gasteiger partial charge in [-0.15, -0.1) is 13.2 Å². The molecule has 4 nitrogen and oxygen atoms in total. The van der Waals surface area contributed by atoms with Crippen LogP contribution in [0.15, 0.2) is 61.7 Å². The molecular weight excluding hydrogens is 449 g/mol. The second-order valence-electron chi connectivity index (χ2n) is 7.05. The molecule has 2 heterocycles. The number of aryl methyl sites for hydroxylation is 3. The van der Waals surface area contributed by atoms with Gasteiger partial charge in [-0.05, 0) is 63.1 Å². The molecule has 192 valence electrons. The number of hydrogen-bond donors (Lipinski definition) is 1. The summed E-state index contributed by atoms with van der Waals surface area (Å²) in [5.41, 5.74) is 3.23. The van der Waals surface area contributed by atoms with E-state index in [1.807, 2.05) is 90.9 Å². The van der Waals surface area contributed by atoms with E-state index in [1.54, 1.807) is 6.07 Å². The first-order valence-electron chi connectivity index (χ1n) is 12.2. The Labute approximate surface area is 216 Å². The Hall–Kier alpha value is -3.91. The number of halogens is 1. The first-order valence-corrected chi connectivity index (χ1v) is 12.2. The van der Waals surface area contributed by atoms with Gasteiger partial charge in [-0.25, -0.2) is 9.37 Å². The minimum absolute atomic E-state index is 0.256. The number of anilines is 1. The van der Waals surface area contributed by atoms with E-state index in [0.29, 0.717) is 17.8 Å². The average Bonchev–Trinajstić information content (AvgIpc) is 2.90. The molecule has 1 atom stereocenters. The predicted molar refractivity (Wildman–Crippen MR) is 152 cm³/mol. The Kier molecular flexibility index (Phi) is 16.4. The van der Waals surface area contributed by atoms with Gasteiger partial charge in [-0.2, -0.15) is 0 Å². The van der Waals surface area contributed by atoms with Gasteiger partial charge in [0.2, 0.25) is 0 Å². The van der Waals surface area contributed by atoms with Gasteiger partial charge in [-0.1, -0.05) is 58.4 Å². The number of rotatable bonds is 6. The van der Waals surface area contributed by atoms with Crippen molar-refractivity contribution in [1.29, 1.82) is 0 Å². The number of ether oxygens (including phenoxy) is 1. The van der Waals surface area contributed by atoms with Crippen molar-refractivity contribution in [2.24, 2.45) is 0 Å². The summed E-state index contributed by atoms with van der Waals surface area (Å²) >= 11 is 0. The van der Waals surface area contributed by atoms with Crippen molar-refractivity contribution >= 4 is 18.2 Å². The molecule has 1 N–H and O–H groups in total. The van der Waals surface area contributed by atoms with E-state index < -0.39 is 0 Å². The summed E-state index contributed by atoms with van der Waals surface area (Å²) in [6.45, 7) is 19.7. The topological polar surface area (TPSA) is 47.0 Å². The van der Waals surface area contributed by atoms with E-state index in [0.717, 1.165) is 27.5 Å². The van der Waals surface area contributed by atoms with Gasteiger partial charge in [0.05, 0.1) is 11.4 Å². The van der Waals surface area contributed by atoms with Crippen LogP contribution in [0.5, 0.6) is 0 Å². The van der Waals surface area contributed by atoms with Gasteiger partial charge < -0.3 is 10.1 Å². The van der Waals surface area contributed by atoms with E-state index in [4.69, 9.17) is 11.2 Å². The lowest BCUT2D eigenvalue weighted by atomic mass is 9.97. The van der Waals surface area contributed by atoms with Crippen LogP contribution < -0.4 is 15.9 Å². The molecule has 36 heavy (non-hydrogen) atoms. The SMILES string of the molecule is C#CO/C=c1\ccc(C)n\c1=C\CC(Nc1cccc(C)n1)c1c(C)cccc1F.C=C.CC.CC. The van der Waals surface area contributed by atoms with Gasteiger partial charge in [0.15, 0.2) is 0 Å². The minimum Gasteiger partial charge on any atom is -0.415 e. The summed E-state index contributed by atoms with van der Waals surface area (Å²) in [7, 11) is 0. The number of hydrogen-bond acceptors (Lipinski definition) is 4. The van der Waals surface area contributed by atoms with Gasteiger partial charge in [0.1, 0.15) is 24.0 Å². The Morgan fingerprint density at radius 3 is 2.22 bits per heavy atom. The Morgan fingerprint density at radius 1 is 0.972 bits per heavy atom. The molecule has 0 aliphatic heterocycles. The van der Waals surface area contributed by atoms with Crippen LogP contribution in [0.2, 0.25) is 0 Å². The van der Waals surface area contributed by atoms with Gasteiger partial charge in [-0.3, -0.25) is 4.98 Å². The quantitative estimate of drug-likeness (QED) is 0.307. The van der Waals surface area contributed by atoms with Crippen LogP contribution in [0.1, 0.15) is 62.7 Å². The second kappa shape index (κ2) is 18.4. The van der Waals surface area contributed by atoms with Crippen molar-refractivity contribution in [1.82, 2.24) is 9.97 Å². The van der Waals surface area contributed by atoms with E-state index >= 15 is 0 Å². The molecule has 0 aliphatic rings. The highest BCUT2D eigenvalue weighted by atomic mass is 19.1. The molecular formula is C31H40FN3O. The number of aromatic nitrogens is 2. The Bertz CT molecular complexity index is 1190. The van der Waals surface area contributed by atoms with Gasteiger partial charge in [0, 0.05) is 22.2 Å². The summed E-state index contributed by atoms with van der Waals surface area (Å²) in [5, 5.41) is 4.87. The molecule has 0 amide bonds. The molecule has 0 spiro atoms. The zero-order valence-electron chi connectivity index (χ0n) is 22.7. The van der Waals surface area contributed by atoms with E-state index in [1.165, 1.54) is 12.3 Å². The third kappa shape index (κ3) is 10.1. The van der Waals surface area contributed by atoms with Crippen molar-refractivity contribution in [3.8, 4) is 12.5 Å². The van der Waals surface area contributed by atoms with Crippen molar-refractivity contribution in [3.63, 3.8) is 0 Å². The van der Waals surface area contributed by atoms with Gasteiger partial charge >= 0.3 is 0 Å². The van der Waals surface area contributed by atoms with Crippen molar-refractivity contribution in [2.45, 2.75) is 60.9 Å². The van der Waals surface area contributed by atoms with Crippen molar-refractivity contribution in [2.75, 3.05) is 5.32 Å². The summed E-state index contributed by atoms with van der Waals surface area (Å²) in [4.78, 5) is 9.10. The maximum absolute atomic E-state index is 14.8. The summed E-state index contributed by atoms with van der Waals surface area (Å²) < 4.78 is 19.8. The number of benzene rings is 1. The first kappa shape index (κ1) is 32.1. The van der Waals surface area contributed by atoms with Crippen LogP contribution >= 0.6 is 0 Å². The molecule has 2 aromatic heterocycles. The third-order valence-corrected chi connectivity index (χ3v) is 4.73. The fourth-order valence-electron chi connectivity index (χ4n) is 3.31. The van der Waals surface area contributed by atoms with Crippen LogP contribution in [0.4, 0.5) is 10.2 Å². The fraction of sp³-hybridized carbons (Fsp3) is 0.290. The highest BCUT2D eigenvalue weighted by molar-refractivity contribution is 5.44. The number of nitrogens with one attached hydrogen (secondary N) is 1. The standard InChI is InChI=1S/C25H24FN3O.2C2H6.C2H4/c1-5-30-16-20-13-12-19(4)27-22(20)14-15-23(25-17(2)8-6-10-21(25)26)29-24-11-7-9-18(3)28-24;3*1-2/h1,6-14,16,23H,15H2,2-4H3,(H,28,29);2*1-2H3;1-2H2/b20-16+,22-14+;;;. The normalized spacial score (nSPS) is 11.3. The van der Waals surface area contributed by atoms with Gasteiger partial charge in [0.25, 0.3) is 0 Å². The Balaban J connectivity index is 0.00000190. The molecule has 1 unspecified atom stereocenters. The second-order valence-corrected chi connectivity index (χ2v) is 7.05. The fourth-order valence-corrected chi connectivity index (χ4v) is 3.31.